The van der Waals surface area contributed by atoms with Gasteiger partial charge in [0.05, 0.1) is 0 Å². The number of hydrogen-bond acceptors (Lipinski definition) is 6. The number of nitrogens with zero attached hydrogens (tertiary/aromatic N) is 1. The van der Waals surface area contributed by atoms with Crippen LogP contribution in [0.15, 0.2) is 23.2 Å². The molecule has 1 aromatic heterocycles. The van der Waals surface area contributed by atoms with Crippen LogP contribution in [0.4, 0.5) is 5.82 Å². The minimum absolute atomic E-state index is 0.0833. The van der Waals surface area contributed by atoms with Gasteiger partial charge in [0, 0.05) is 0 Å². The minimum atomic E-state index is -3.94. The molecule has 0 saturated carbocycles. The first-order chi connectivity index (χ1) is 8.55. The Morgan fingerprint density at radius 2 is 1.84 bits per heavy atom. The van der Waals surface area contributed by atoms with Gasteiger partial charge in [0.15, 0.2) is 14.9 Å². The fourth-order valence-corrected chi connectivity index (χ4v) is 3.03. The molecular formula is C9H14ClN3O4S2. The van der Waals surface area contributed by atoms with Gasteiger partial charge in [0.2, 0.25) is 0 Å². The predicted molar refractivity (Wildman–Crippen MR) is 72.9 cm³/mol. The number of sulfonamides is 1. The Labute approximate surface area is 117 Å². The van der Waals surface area contributed by atoms with E-state index in [2.05, 4.69) is 10.3 Å². The van der Waals surface area contributed by atoms with Gasteiger partial charge in [-0.2, -0.15) is 0 Å². The molecule has 10 heteroatoms. The lowest BCUT2D eigenvalue weighted by molar-refractivity contribution is 0.586. The number of halogens is 1. The van der Waals surface area contributed by atoms with Crippen LogP contribution < -0.4 is 10.5 Å². The second-order valence-electron chi connectivity index (χ2n) is 3.82. The van der Waals surface area contributed by atoms with Crippen LogP contribution in [-0.4, -0.2) is 31.9 Å². The van der Waals surface area contributed by atoms with Gasteiger partial charge in [-0.25, -0.2) is 27.0 Å². The van der Waals surface area contributed by atoms with Crippen molar-refractivity contribution in [2.45, 2.75) is 29.0 Å². The summed E-state index contributed by atoms with van der Waals surface area (Å²) in [5.41, 5.74) is 0. The fourth-order valence-electron chi connectivity index (χ4n) is 1.23. The van der Waals surface area contributed by atoms with Crippen LogP contribution in [0.1, 0.15) is 13.8 Å². The van der Waals surface area contributed by atoms with Gasteiger partial charge in [-0.3, -0.25) is 0 Å². The van der Waals surface area contributed by atoms with Crippen LogP contribution in [0.25, 0.3) is 0 Å². The molecule has 0 fully saturated rings. The topological polar surface area (TPSA) is 119 Å². The molecule has 0 aromatic carbocycles. The molecule has 0 bridgehead atoms. The molecule has 0 amide bonds. The number of hydrogen-bond donors (Lipinski definition) is 2. The van der Waals surface area contributed by atoms with Crippen LogP contribution >= 0.6 is 11.6 Å². The van der Waals surface area contributed by atoms with Gasteiger partial charge in [-0.1, -0.05) is 6.07 Å². The summed E-state index contributed by atoms with van der Waals surface area (Å²) in [5, 5.41) is 6.15. The smallest absolute Gasteiger partial charge is 0.255 e. The predicted octanol–water partition coefficient (Wildman–Crippen LogP) is 0.487. The van der Waals surface area contributed by atoms with E-state index in [1.165, 1.54) is 32.0 Å². The van der Waals surface area contributed by atoms with Crippen LogP contribution in [-0.2, 0) is 19.9 Å². The highest BCUT2D eigenvalue weighted by Gasteiger charge is 2.26. The summed E-state index contributed by atoms with van der Waals surface area (Å²) in [6, 6.07) is 4.04. The summed E-state index contributed by atoms with van der Waals surface area (Å²) >= 11 is 5.57. The number of nitrogens with two attached hydrogens (primary N) is 1. The van der Waals surface area contributed by atoms with E-state index in [4.69, 9.17) is 16.7 Å². The number of alkyl halides is 1. The van der Waals surface area contributed by atoms with Crippen molar-refractivity contribution in [2.24, 2.45) is 5.14 Å². The molecule has 108 valence electrons. The second kappa shape index (κ2) is 5.61. The fraction of sp³-hybridized carbons (Fsp3) is 0.444. The molecule has 0 aliphatic rings. The molecule has 1 rings (SSSR count). The lowest BCUT2D eigenvalue weighted by Crippen LogP contribution is -2.31. The number of pyridine rings is 1. The van der Waals surface area contributed by atoms with Crippen molar-refractivity contribution in [1.82, 2.24) is 4.98 Å². The lowest BCUT2D eigenvalue weighted by atomic mass is 10.4. The maximum atomic E-state index is 11.8. The molecule has 0 aliphatic carbocycles. The molecule has 2 atom stereocenters. The van der Waals surface area contributed by atoms with Crippen molar-refractivity contribution >= 4 is 37.3 Å². The summed E-state index contributed by atoms with van der Waals surface area (Å²) < 4.78 is 44.7. The first-order valence-corrected chi connectivity index (χ1v) is 8.77. The van der Waals surface area contributed by atoms with Crippen LogP contribution in [0, 0.1) is 0 Å². The van der Waals surface area contributed by atoms with E-state index < -0.39 is 29.9 Å². The van der Waals surface area contributed by atoms with E-state index >= 15 is 0 Å². The minimum Gasteiger partial charge on any atom is -0.354 e. The molecule has 0 aliphatic heterocycles. The van der Waals surface area contributed by atoms with E-state index in [-0.39, 0.29) is 10.8 Å². The van der Waals surface area contributed by atoms with Crippen molar-refractivity contribution in [1.29, 1.82) is 0 Å². The molecule has 2 unspecified atom stereocenters. The first kappa shape index (κ1) is 16.2. The van der Waals surface area contributed by atoms with Gasteiger partial charge >= 0.3 is 0 Å². The lowest BCUT2D eigenvalue weighted by Gasteiger charge is -2.16. The number of nitrogens with one attached hydrogen (secondary N) is 1. The van der Waals surface area contributed by atoms with E-state index in [0.29, 0.717) is 0 Å². The third-order valence-corrected chi connectivity index (χ3v) is 5.88. The zero-order valence-corrected chi connectivity index (χ0v) is 12.6. The maximum Gasteiger partial charge on any atom is 0.255 e. The Morgan fingerprint density at radius 3 is 2.32 bits per heavy atom. The van der Waals surface area contributed by atoms with Crippen molar-refractivity contribution in [3.05, 3.63) is 18.2 Å². The summed E-state index contributed by atoms with van der Waals surface area (Å²) in [5.74, 6) is 0.0833. The standard InChI is InChI=1S/C9H14ClN3O4S2/c1-6(10)18(14,15)7(2)12-8-4-3-5-9(13-8)19(11,16)17/h3-7H,1-2H3,(H,12,13)(H2,11,16,17). The van der Waals surface area contributed by atoms with Crippen molar-refractivity contribution in [3.63, 3.8) is 0 Å². The number of anilines is 1. The average molecular weight is 328 g/mol. The molecule has 1 aromatic rings. The summed E-state index contributed by atoms with van der Waals surface area (Å²) in [6.45, 7) is 2.72. The Kier molecular flexibility index (Phi) is 4.77. The van der Waals surface area contributed by atoms with Crippen LogP contribution in [0.2, 0.25) is 0 Å². The number of sulfone groups is 1. The van der Waals surface area contributed by atoms with Gasteiger partial charge in [-0.15, -0.1) is 11.6 Å². The summed E-state index contributed by atoms with van der Waals surface area (Å²) in [7, 11) is -7.53. The van der Waals surface area contributed by atoms with Gasteiger partial charge < -0.3 is 5.32 Å². The monoisotopic (exact) mass is 327 g/mol. The molecule has 0 saturated heterocycles. The molecule has 19 heavy (non-hydrogen) atoms. The maximum absolute atomic E-state index is 11.8. The van der Waals surface area contributed by atoms with E-state index in [1.807, 2.05) is 0 Å². The van der Waals surface area contributed by atoms with Crippen molar-refractivity contribution in [3.8, 4) is 0 Å². The summed E-state index contributed by atoms with van der Waals surface area (Å²) in [4.78, 5) is 3.73. The molecular weight excluding hydrogens is 314 g/mol. The van der Waals surface area contributed by atoms with Gasteiger partial charge in [0.1, 0.15) is 15.9 Å². The molecule has 7 nitrogen and oxygen atoms in total. The molecule has 1 heterocycles. The number of rotatable bonds is 5. The van der Waals surface area contributed by atoms with E-state index in [0.717, 1.165) is 0 Å². The highest BCUT2D eigenvalue weighted by Crippen LogP contribution is 2.16. The largest absolute Gasteiger partial charge is 0.354 e. The normalized spacial score (nSPS) is 15.8. The van der Waals surface area contributed by atoms with Crippen LogP contribution in [0.5, 0.6) is 0 Å². The SMILES string of the molecule is CC(Cl)S(=O)(=O)C(C)Nc1cccc(S(N)(=O)=O)n1. The molecule has 0 spiro atoms. The highest BCUT2D eigenvalue weighted by molar-refractivity contribution is 7.93. The Bertz CT molecular complexity index is 658. The summed E-state index contributed by atoms with van der Waals surface area (Å²) in [6.07, 6.45) is 0. The van der Waals surface area contributed by atoms with Crippen LogP contribution in [0.3, 0.4) is 0 Å². The molecule has 0 radical (unpaired) electrons. The second-order valence-corrected chi connectivity index (χ2v) is 8.84. The Morgan fingerprint density at radius 1 is 1.26 bits per heavy atom. The van der Waals surface area contributed by atoms with E-state index in [1.54, 1.807) is 0 Å². The number of aromatic nitrogens is 1. The zero-order chi connectivity index (χ0) is 14.8. The zero-order valence-electron chi connectivity index (χ0n) is 10.2. The highest BCUT2D eigenvalue weighted by atomic mass is 35.5. The molecule has 3 N–H and O–H groups in total. The van der Waals surface area contributed by atoms with Gasteiger partial charge in [-0.05, 0) is 26.0 Å². The first-order valence-electron chi connectivity index (χ1n) is 5.18. The van der Waals surface area contributed by atoms with Crippen molar-refractivity contribution in [2.75, 3.05) is 5.32 Å². The third kappa shape index (κ3) is 4.03. The average Bonchev–Trinajstić information content (AvgIpc) is 2.27. The Hall–Kier alpha value is -0.900. The van der Waals surface area contributed by atoms with Gasteiger partial charge in [0.25, 0.3) is 10.0 Å². The van der Waals surface area contributed by atoms with E-state index in [9.17, 15) is 16.8 Å². The third-order valence-electron chi connectivity index (χ3n) is 2.31. The van der Waals surface area contributed by atoms with Crippen molar-refractivity contribution < 1.29 is 16.8 Å². The number of primary sulfonamides is 1. The quantitative estimate of drug-likeness (QED) is 0.759. The Balaban J connectivity index is 3.02.